The molecule has 0 spiro atoms. The first kappa shape index (κ1) is 57.1. The van der Waals surface area contributed by atoms with E-state index in [1.54, 1.807) is 21.9 Å². The van der Waals surface area contributed by atoms with Crippen LogP contribution in [0.25, 0.3) is 21.8 Å². The number of nitrogens with zero attached hydrogens (tertiary/aromatic N) is 6. The zero-order valence-electron chi connectivity index (χ0n) is 46.4. The lowest BCUT2D eigenvalue weighted by Crippen LogP contribution is -2.42. The Balaban J connectivity index is 0.000000192. The summed E-state index contributed by atoms with van der Waals surface area (Å²) in [5.41, 5.74) is 4.71. The quantitative estimate of drug-likeness (QED) is 0.124. The fraction of sp³-hybridized carbons (Fsp3) is 0.484. The van der Waals surface area contributed by atoms with E-state index in [4.69, 9.17) is 18.9 Å². The summed E-state index contributed by atoms with van der Waals surface area (Å²) >= 11 is 3.86. The first-order valence-electron chi connectivity index (χ1n) is 28.0. The second-order valence-corrected chi connectivity index (χ2v) is 24.1. The van der Waals surface area contributed by atoms with Crippen LogP contribution in [0, 0.1) is 11.6 Å². The van der Waals surface area contributed by atoms with E-state index in [2.05, 4.69) is 31.3 Å². The highest BCUT2D eigenvalue weighted by Gasteiger charge is 2.36. The zero-order valence-corrected chi connectivity index (χ0v) is 48.0. The molecule has 14 nitrogen and oxygen atoms in total. The Morgan fingerprint density at radius 1 is 0.544 bits per heavy atom. The first-order chi connectivity index (χ1) is 37.8. The van der Waals surface area contributed by atoms with Gasteiger partial charge in [-0.15, -0.1) is 0 Å². The molecule has 4 aliphatic rings. The molecule has 79 heavy (non-hydrogen) atoms. The van der Waals surface area contributed by atoms with Crippen LogP contribution in [0.4, 0.5) is 28.0 Å². The summed E-state index contributed by atoms with van der Waals surface area (Å²) in [7, 11) is 0. The van der Waals surface area contributed by atoms with Crippen molar-refractivity contribution in [2.75, 3.05) is 39.3 Å². The summed E-state index contributed by atoms with van der Waals surface area (Å²) in [4.78, 5) is 58.3. The van der Waals surface area contributed by atoms with E-state index in [-0.39, 0.29) is 73.4 Å². The fourth-order valence-corrected chi connectivity index (χ4v) is 12.4. The molecule has 0 bridgehead atoms. The molecule has 4 aliphatic heterocycles. The van der Waals surface area contributed by atoms with Crippen molar-refractivity contribution < 1.29 is 46.9 Å². The number of hydrogen-bond acceptors (Lipinski definition) is 8. The van der Waals surface area contributed by atoms with Crippen molar-refractivity contribution >= 4 is 62.1 Å². The Labute approximate surface area is 471 Å². The maximum Gasteiger partial charge on any atom is 0.410 e. The largest absolute Gasteiger partial charge is 0.445 e. The van der Waals surface area contributed by atoms with E-state index in [0.717, 1.165) is 100 Å². The molecule has 0 N–H and O–H groups in total. The number of benzene rings is 4. The Kier molecular flexibility index (Phi) is 17.9. The van der Waals surface area contributed by atoms with Gasteiger partial charge in [-0.25, -0.2) is 28.0 Å². The number of ether oxygens (including phenoxy) is 4. The van der Waals surface area contributed by atoms with Crippen LogP contribution in [0.15, 0.2) is 108 Å². The normalized spacial score (nSPS) is 18.4. The van der Waals surface area contributed by atoms with Crippen molar-refractivity contribution in [3.05, 3.63) is 142 Å². The molecule has 6 aromatic rings. The standard InChI is InChI=1S/C31H37BrFN3O4.C31H38FN3O4/c1-31(2,3)40-29(37)34-16-13-23(14-17-34)36-27-18-22(33)11-12-25(27)26(28(36)32)19-24-10-7-15-35(24)30(38)39-20-21-8-5-4-6-9-21;1-31(2,3)39-29(36)33-16-13-25(14-17-33)35-20-23(27-12-11-24(32)19-28(27)35)18-26-10-7-15-34(26)30(37)38-21-22-8-5-4-6-9-22/h4-6,8-9,11-12,18,23-24H,7,10,13-17,19-20H2,1-3H3;4-6,8-9,11-12,19-20,25-26H,7,10,13-18,21H2,1-3H3/t24-;26-/m00/s1. The Morgan fingerprint density at radius 2 is 1.00 bits per heavy atom. The second-order valence-electron chi connectivity index (χ2n) is 23.4. The summed E-state index contributed by atoms with van der Waals surface area (Å²) < 4.78 is 56.5. The van der Waals surface area contributed by atoms with Gasteiger partial charge in [0, 0.05) is 80.4 Å². The molecule has 0 unspecified atom stereocenters. The lowest BCUT2D eigenvalue weighted by atomic mass is 10.0. The van der Waals surface area contributed by atoms with Gasteiger partial charge in [-0.05, 0) is 180 Å². The molecule has 17 heteroatoms. The Hall–Kier alpha value is -6.62. The van der Waals surface area contributed by atoms with E-state index in [1.165, 1.54) is 12.1 Å². The number of halogens is 3. The minimum atomic E-state index is -0.540. The minimum Gasteiger partial charge on any atom is -0.445 e. The highest BCUT2D eigenvalue weighted by molar-refractivity contribution is 9.10. The number of likely N-dealkylation sites (tertiary alicyclic amines) is 4. The van der Waals surface area contributed by atoms with Crippen molar-refractivity contribution in [1.29, 1.82) is 0 Å². The molecule has 0 aliphatic carbocycles. The number of carbonyl (C=O) groups excluding carboxylic acids is 4. The third-order valence-corrected chi connectivity index (χ3v) is 16.3. The molecule has 2 aromatic heterocycles. The van der Waals surface area contributed by atoms with E-state index in [0.29, 0.717) is 52.1 Å². The van der Waals surface area contributed by atoms with Gasteiger partial charge in [0.05, 0.1) is 15.6 Å². The number of rotatable bonds is 10. The number of amides is 4. The van der Waals surface area contributed by atoms with Crippen LogP contribution in [0.3, 0.4) is 0 Å². The molecule has 4 saturated heterocycles. The SMILES string of the molecule is CC(C)(C)OC(=O)N1CCC(n2c(Br)c(C[C@@H]3CCCN3C(=O)OCc3ccccc3)c3ccc(F)cc32)CC1.CC(C)(C)OC(=O)N1CCC(n2cc(C[C@@H]3CCCN3C(=O)OCc3ccccc3)c3ccc(F)cc32)CC1. The molecule has 6 heterocycles. The molecular formula is C62H75BrF2N6O8. The van der Waals surface area contributed by atoms with Gasteiger partial charge in [-0.3, -0.25) is 0 Å². The first-order valence-corrected chi connectivity index (χ1v) is 28.7. The van der Waals surface area contributed by atoms with Gasteiger partial charge < -0.3 is 47.7 Å². The van der Waals surface area contributed by atoms with Gasteiger partial charge in [0.25, 0.3) is 0 Å². The van der Waals surface area contributed by atoms with Gasteiger partial charge in [-0.2, -0.15) is 0 Å². The maximum atomic E-state index is 14.5. The number of hydrogen-bond donors (Lipinski definition) is 0. The molecule has 422 valence electrons. The van der Waals surface area contributed by atoms with Crippen molar-refractivity contribution in [2.24, 2.45) is 0 Å². The van der Waals surface area contributed by atoms with Crippen molar-refractivity contribution in [3.8, 4) is 0 Å². The summed E-state index contributed by atoms with van der Waals surface area (Å²) in [6.45, 7) is 15.4. The smallest absolute Gasteiger partial charge is 0.410 e. The topological polar surface area (TPSA) is 128 Å². The van der Waals surface area contributed by atoms with Crippen LogP contribution >= 0.6 is 15.9 Å². The zero-order chi connectivity index (χ0) is 56.0. The number of aromatic nitrogens is 2. The van der Waals surface area contributed by atoms with Crippen LogP contribution in [-0.4, -0.2) is 116 Å². The molecule has 4 amide bonds. The Morgan fingerprint density at radius 3 is 1.49 bits per heavy atom. The third kappa shape index (κ3) is 14.2. The monoisotopic (exact) mass is 1150 g/mol. The average Bonchev–Trinajstić information content (AvgIpc) is 4.43. The molecule has 4 fully saturated rings. The molecule has 0 radical (unpaired) electrons. The van der Waals surface area contributed by atoms with Gasteiger partial charge >= 0.3 is 24.4 Å². The lowest BCUT2D eigenvalue weighted by molar-refractivity contribution is 0.0179. The summed E-state index contributed by atoms with van der Waals surface area (Å²) in [6.07, 6.45) is 8.93. The number of carbonyl (C=O) groups is 4. The number of piperidine rings is 2. The van der Waals surface area contributed by atoms with Crippen LogP contribution in [-0.2, 0) is 45.0 Å². The molecule has 0 saturated carbocycles. The van der Waals surface area contributed by atoms with Crippen molar-refractivity contribution in [3.63, 3.8) is 0 Å². The minimum absolute atomic E-state index is 0.00214. The highest BCUT2D eigenvalue weighted by Crippen LogP contribution is 2.40. The Bertz CT molecular complexity index is 3080. The molecule has 4 aromatic carbocycles. The predicted octanol–water partition coefficient (Wildman–Crippen LogP) is 14.2. The van der Waals surface area contributed by atoms with Crippen LogP contribution in [0.1, 0.15) is 127 Å². The van der Waals surface area contributed by atoms with E-state index < -0.39 is 11.2 Å². The summed E-state index contributed by atoms with van der Waals surface area (Å²) in [6, 6.07) is 29.5. The average molecular weight is 1150 g/mol. The molecular weight excluding hydrogens is 1070 g/mol. The second kappa shape index (κ2) is 24.8. The van der Waals surface area contributed by atoms with Gasteiger partial charge in [0.2, 0.25) is 0 Å². The fourth-order valence-electron chi connectivity index (χ4n) is 11.6. The predicted molar refractivity (Wildman–Crippen MR) is 304 cm³/mol. The van der Waals surface area contributed by atoms with Crippen LogP contribution in [0.2, 0.25) is 0 Å². The van der Waals surface area contributed by atoms with E-state index in [1.807, 2.05) is 124 Å². The van der Waals surface area contributed by atoms with Crippen molar-refractivity contribution in [2.45, 2.75) is 154 Å². The highest BCUT2D eigenvalue weighted by atomic mass is 79.9. The van der Waals surface area contributed by atoms with Gasteiger partial charge in [-0.1, -0.05) is 60.7 Å². The summed E-state index contributed by atoms with van der Waals surface area (Å²) in [5.74, 6) is -0.560. The summed E-state index contributed by atoms with van der Waals surface area (Å²) in [5, 5.41) is 1.99. The van der Waals surface area contributed by atoms with Gasteiger partial charge in [0.15, 0.2) is 0 Å². The van der Waals surface area contributed by atoms with Crippen molar-refractivity contribution in [1.82, 2.24) is 28.7 Å². The number of fused-ring (bicyclic) bond motifs is 2. The lowest BCUT2D eigenvalue weighted by Gasteiger charge is -2.34. The van der Waals surface area contributed by atoms with E-state index in [9.17, 15) is 28.0 Å². The van der Waals surface area contributed by atoms with Gasteiger partial charge in [0.1, 0.15) is 36.1 Å². The van der Waals surface area contributed by atoms with Crippen LogP contribution < -0.4 is 0 Å². The third-order valence-electron chi connectivity index (χ3n) is 15.4. The maximum absolute atomic E-state index is 14.5. The molecule has 10 rings (SSSR count). The van der Waals surface area contributed by atoms with E-state index >= 15 is 0 Å². The van der Waals surface area contributed by atoms with Crippen LogP contribution in [0.5, 0.6) is 0 Å². The molecule has 2 atom stereocenters.